The van der Waals surface area contributed by atoms with Crippen LogP contribution in [0.5, 0.6) is 0 Å². The van der Waals surface area contributed by atoms with Crippen LogP contribution in [0.4, 0.5) is 13.2 Å². The summed E-state index contributed by atoms with van der Waals surface area (Å²) in [6.45, 7) is 1.10. The molecule has 15 heteroatoms. The molecule has 0 radical (unpaired) electrons. The number of benzene rings is 3. The Morgan fingerprint density at radius 3 is 2.12 bits per heavy atom. The number of nitrogen functional groups attached to an aromatic ring is 1. The van der Waals surface area contributed by atoms with Gasteiger partial charge in [-0.25, -0.2) is 18.4 Å². The minimum atomic E-state index is -5.08. The van der Waals surface area contributed by atoms with Gasteiger partial charge in [0.1, 0.15) is 12.4 Å². The Morgan fingerprint density at radius 1 is 0.952 bits per heavy atom. The third-order valence-electron chi connectivity index (χ3n) is 6.10. The Balaban J connectivity index is 0.000000616. The number of halogens is 3. The molecule has 0 atom stereocenters. The number of nitrogens with one attached hydrogen (secondary N) is 1. The van der Waals surface area contributed by atoms with Crippen molar-refractivity contribution in [1.29, 1.82) is 5.41 Å². The highest BCUT2D eigenvalue weighted by Crippen LogP contribution is 2.27. The SMILES string of the molecule is N=C(N)c1ccc(CN2CCN(C(=O)c3cccc(-c4ccccc4S(N)(=O)=O)c3)CC2=O)cc1.O=C(O)C(F)(F)F. The van der Waals surface area contributed by atoms with Crippen LogP contribution >= 0.6 is 0 Å². The number of aliphatic carboxylic acids is 1. The van der Waals surface area contributed by atoms with E-state index >= 15 is 0 Å². The van der Waals surface area contributed by atoms with Gasteiger partial charge in [0.25, 0.3) is 5.91 Å². The van der Waals surface area contributed by atoms with Gasteiger partial charge < -0.3 is 20.6 Å². The summed E-state index contributed by atoms with van der Waals surface area (Å²) in [5.74, 6) is -3.25. The summed E-state index contributed by atoms with van der Waals surface area (Å²) >= 11 is 0. The second-order valence-electron chi connectivity index (χ2n) is 9.08. The molecule has 0 aliphatic carbocycles. The molecule has 42 heavy (non-hydrogen) atoms. The first-order valence-corrected chi connectivity index (χ1v) is 13.7. The van der Waals surface area contributed by atoms with Gasteiger partial charge in [0.15, 0.2) is 0 Å². The third kappa shape index (κ3) is 8.14. The zero-order valence-corrected chi connectivity index (χ0v) is 22.7. The monoisotopic (exact) mass is 605 g/mol. The average molecular weight is 606 g/mol. The van der Waals surface area contributed by atoms with Crippen molar-refractivity contribution < 1.29 is 41.1 Å². The summed E-state index contributed by atoms with van der Waals surface area (Å²) < 4.78 is 55.7. The molecular weight excluding hydrogens is 579 g/mol. The highest BCUT2D eigenvalue weighted by Gasteiger charge is 2.38. The van der Waals surface area contributed by atoms with Gasteiger partial charge in [0, 0.05) is 36.3 Å². The van der Waals surface area contributed by atoms with E-state index in [0.717, 1.165) is 5.56 Å². The second-order valence-corrected chi connectivity index (χ2v) is 10.6. The van der Waals surface area contributed by atoms with E-state index in [0.29, 0.717) is 41.9 Å². The number of alkyl halides is 3. The van der Waals surface area contributed by atoms with Crippen molar-refractivity contribution in [2.75, 3.05) is 19.6 Å². The molecule has 0 saturated carbocycles. The number of hydrogen-bond acceptors (Lipinski definition) is 6. The molecular formula is C27H26F3N5O6S. The molecule has 1 saturated heterocycles. The van der Waals surface area contributed by atoms with Crippen molar-refractivity contribution in [3.05, 3.63) is 89.5 Å². The maximum Gasteiger partial charge on any atom is 0.490 e. The van der Waals surface area contributed by atoms with Crippen LogP contribution in [0.2, 0.25) is 0 Å². The van der Waals surface area contributed by atoms with E-state index in [2.05, 4.69) is 0 Å². The summed E-state index contributed by atoms with van der Waals surface area (Å²) in [6, 6.07) is 20.1. The molecule has 1 aliphatic heterocycles. The fourth-order valence-corrected chi connectivity index (χ4v) is 4.78. The van der Waals surface area contributed by atoms with E-state index in [1.54, 1.807) is 59.5 Å². The van der Waals surface area contributed by atoms with Crippen LogP contribution in [-0.4, -0.2) is 72.8 Å². The first kappa shape index (κ1) is 31.8. The van der Waals surface area contributed by atoms with Gasteiger partial charge in [0.05, 0.1) is 4.90 Å². The van der Waals surface area contributed by atoms with E-state index in [-0.39, 0.29) is 29.1 Å². The van der Waals surface area contributed by atoms with Crippen LogP contribution in [0.15, 0.2) is 77.7 Å². The standard InChI is InChI=1S/C25H25N5O4S.C2HF3O2/c26-24(27)18-10-8-17(9-11-18)15-29-12-13-30(16-23(29)31)25(32)20-5-3-4-19(14-20)21-6-1-2-7-22(21)35(28,33)34;3-2(4,5)1(6)7/h1-11,14H,12-13,15-16H2,(H3,26,27)(H2,28,33,34);(H,6,7). The number of amidine groups is 1. The van der Waals surface area contributed by atoms with Gasteiger partial charge in [-0.15, -0.1) is 0 Å². The lowest BCUT2D eigenvalue weighted by Crippen LogP contribution is -2.51. The van der Waals surface area contributed by atoms with Crippen LogP contribution in [0.25, 0.3) is 11.1 Å². The van der Waals surface area contributed by atoms with E-state index in [4.69, 9.17) is 26.2 Å². The maximum absolute atomic E-state index is 13.2. The number of carbonyl (C=O) groups is 3. The second kappa shape index (κ2) is 12.8. The molecule has 0 spiro atoms. The first-order valence-electron chi connectivity index (χ1n) is 12.1. The van der Waals surface area contributed by atoms with E-state index in [1.165, 1.54) is 11.0 Å². The molecule has 1 aliphatic rings. The van der Waals surface area contributed by atoms with Gasteiger partial charge in [-0.1, -0.05) is 54.6 Å². The lowest BCUT2D eigenvalue weighted by molar-refractivity contribution is -0.192. The number of primary sulfonamides is 1. The molecule has 3 aromatic carbocycles. The smallest absolute Gasteiger partial charge is 0.475 e. The van der Waals surface area contributed by atoms with Gasteiger partial charge in [0.2, 0.25) is 15.9 Å². The van der Waals surface area contributed by atoms with Crippen LogP contribution in [0, 0.1) is 5.41 Å². The minimum Gasteiger partial charge on any atom is -0.475 e. The highest BCUT2D eigenvalue weighted by molar-refractivity contribution is 7.89. The summed E-state index contributed by atoms with van der Waals surface area (Å²) in [6.07, 6.45) is -5.08. The minimum absolute atomic E-state index is 0.0167. The number of hydrogen-bond donors (Lipinski definition) is 4. The topological polar surface area (TPSA) is 188 Å². The van der Waals surface area contributed by atoms with Crippen LogP contribution in [0.1, 0.15) is 21.5 Å². The quantitative estimate of drug-likeness (QED) is 0.245. The maximum atomic E-state index is 13.2. The predicted octanol–water partition coefficient (Wildman–Crippen LogP) is 2.40. The number of nitrogens with two attached hydrogens (primary N) is 2. The number of carbonyl (C=O) groups excluding carboxylic acids is 2. The normalized spacial score (nSPS) is 13.7. The molecule has 11 nitrogen and oxygen atoms in total. The zero-order chi connectivity index (χ0) is 31.2. The predicted molar refractivity (Wildman–Crippen MR) is 146 cm³/mol. The first-order chi connectivity index (χ1) is 19.6. The Hall–Kier alpha value is -4.76. The van der Waals surface area contributed by atoms with Crippen molar-refractivity contribution in [1.82, 2.24) is 9.80 Å². The van der Waals surface area contributed by atoms with Crippen LogP contribution < -0.4 is 10.9 Å². The van der Waals surface area contributed by atoms with Gasteiger partial charge in [-0.3, -0.25) is 15.0 Å². The van der Waals surface area contributed by atoms with Gasteiger partial charge in [-0.05, 0) is 29.3 Å². The number of rotatable bonds is 6. The number of carboxylic acid groups (broad SMARTS) is 1. The fraction of sp³-hybridized carbons (Fsp3) is 0.185. The van der Waals surface area contributed by atoms with E-state index in [1.807, 2.05) is 12.1 Å². The molecule has 2 amide bonds. The van der Waals surface area contributed by atoms with E-state index in [9.17, 15) is 31.2 Å². The Bertz CT molecular complexity index is 1610. The number of carboxylic acids is 1. The van der Waals surface area contributed by atoms with Crippen LogP contribution in [-0.2, 0) is 26.2 Å². The molecule has 222 valence electrons. The fourth-order valence-electron chi connectivity index (χ4n) is 4.01. The summed E-state index contributed by atoms with van der Waals surface area (Å²) in [7, 11) is -3.94. The van der Waals surface area contributed by atoms with Gasteiger partial charge >= 0.3 is 12.1 Å². The molecule has 1 fully saturated rings. The Labute approximate surface area is 238 Å². The van der Waals surface area contributed by atoms with E-state index < -0.39 is 22.2 Å². The number of nitrogens with zero attached hydrogens (tertiary/aromatic N) is 2. The largest absolute Gasteiger partial charge is 0.490 e. The van der Waals surface area contributed by atoms with Crippen molar-refractivity contribution in [3.63, 3.8) is 0 Å². The number of piperazine rings is 1. The van der Waals surface area contributed by atoms with Crippen LogP contribution in [0.3, 0.4) is 0 Å². The summed E-state index contributed by atoms with van der Waals surface area (Å²) in [4.78, 5) is 38.0. The third-order valence-corrected chi connectivity index (χ3v) is 7.07. The molecule has 0 aromatic heterocycles. The highest BCUT2D eigenvalue weighted by atomic mass is 32.2. The van der Waals surface area contributed by atoms with Crippen molar-refractivity contribution in [2.24, 2.45) is 10.9 Å². The molecule has 1 heterocycles. The molecule has 4 rings (SSSR count). The lowest BCUT2D eigenvalue weighted by Gasteiger charge is -2.34. The van der Waals surface area contributed by atoms with Crippen molar-refractivity contribution in [2.45, 2.75) is 17.6 Å². The molecule has 0 unspecified atom stereocenters. The lowest BCUT2D eigenvalue weighted by atomic mass is 10.0. The molecule has 0 bridgehead atoms. The molecule has 3 aromatic rings. The zero-order valence-electron chi connectivity index (χ0n) is 21.8. The van der Waals surface area contributed by atoms with Crippen molar-refractivity contribution in [3.8, 4) is 11.1 Å². The Morgan fingerprint density at radius 2 is 1.57 bits per heavy atom. The molecule has 6 N–H and O–H groups in total. The van der Waals surface area contributed by atoms with Gasteiger partial charge in [-0.2, -0.15) is 13.2 Å². The number of sulfonamides is 1. The summed E-state index contributed by atoms with van der Waals surface area (Å²) in [5.41, 5.74) is 8.30. The summed E-state index contributed by atoms with van der Waals surface area (Å²) in [5, 5.41) is 19.9. The van der Waals surface area contributed by atoms with Crippen molar-refractivity contribution >= 4 is 33.6 Å². The number of amides is 2. The average Bonchev–Trinajstić information content (AvgIpc) is 2.93. The Kier molecular flexibility index (Phi) is 9.70.